The van der Waals surface area contributed by atoms with Crippen LogP contribution in [0.25, 0.3) is 0 Å². The average Bonchev–Trinajstić information content (AvgIpc) is 2.11. The van der Waals surface area contributed by atoms with Crippen LogP contribution in [0.1, 0.15) is 13.8 Å². The van der Waals surface area contributed by atoms with Crippen molar-refractivity contribution in [2.24, 2.45) is 22.1 Å². The van der Waals surface area contributed by atoms with Crippen molar-refractivity contribution in [3.63, 3.8) is 0 Å². The predicted octanol–water partition coefficient (Wildman–Crippen LogP) is 1.76. The molecule has 0 aromatic rings. The summed E-state index contributed by atoms with van der Waals surface area (Å²) in [6, 6.07) is 4.10. The second kappa shape index (κ2) is 6.30. The fourth-order valence-corrected chi connectivity index (χ4v) is 0.442. The van der Waals surface area contributed by atoms with Gasteiger partial charge in [0, 0.05) is 0 Å². The molecule has 0 N–H and O–H groups in total. The molecular weight excluding hydrogens is 152 g/mol. The summed E-state index contributed by atoms with van der Waals surface area (Å²) in [6.45, 7) is 4.42. The predicted molar refractivity (Wildman–Crippen MR) is 44.1 cm³/mol. The van der Waals surface area contributed by atoms with Gasteiger partial charge in [0.1, 0.15) is 0 Å². The Morgan fingerprint density at radius 2 is 1.33 bits per heavy atom. The first-order valence-corrected chi connectivity index (χ1v) is 3.83. The quantitative estimate of drug-likeness (QED) is 0.594. The standard InChI is InChI=1S/C8H12N4/c1-7(3-9)5-11-12-6-8(2)4-10/h7-8H,5-6H2,1-2H3/b12-11-. The molecule has 0 aliphatic rings. The Bertz CT molecular complexity index is 196. The van der Waals surface area contributed by atoms with E-state index in [9.17, 15) is 0 Å². The SMILES string of the molecule is CC(C#N)C/N=N\CC(C)C#N. The summed E-state index contributed by atoms with van der Waals surface area (Å²) < 4.78 is 0. The Morgan fingerprint density at radius 1 is 1.00 bits per heavy atom. The third-order valence-electron chi connectivity index (χ3n) is 1.25. The van der Waals surface area contributed by atoms with Crippen LogP contribution >= 0.6 is 0 Å². The van der Waals surface area contributed by atoms with E-state index < -0.39 is 0 Å². The number of nitriles is 2. The Balaban J connectivity index is 3.53. The monoisotopic (exact) mass is 164 g/mol. The highest BCUT2D eigenvalue weighted by Crippen LogP contribution is 1.96. The highest BCUT2D eigenvalue weighted by molar-refractivity contribution is 4.81. The topological polar surface area (TPSA) is 72.3 Å². The van der Waals surface area contributed by atoms with Crippen molar-refractivity contribution in [2.75, 3.05) is 13.1 Å². The van der Waals surface area contributed by atoms with Crippen molar-refractivity contribution in [1.82, 2.24) is 0 Å². The summed E-state index contributed by atoms with van der Waals surface area (Å²) in [5.41, 5.74) is 0. The molecule has 0 saturated carbocycles. The molecular formula is C8H12N4. The third-order valence-corrected chi connectivity index (χ3v) is 1.25. The highest BCUT2D eigenvalue weighted by atomic mass is 15.1. The van der Waals surface area contributed by atoms with E-state index in [0.717, 1.165) is 0 Å². The molecule has 2 unspecified atom stereocenters. The lowest BCUT2D eigenvalue weighted by molar-refractivity contribution is 0.667. The third kappa shape index (κ3) is 5.37. The van der Waals surface area contributed by atoms with Crippen LogP contribution in [-0.4, -0.2) is 13.1 Å². The Kier molecular flexibility index (Phi) is 5.55. The first kappa shape index (κ1) is 10.6. The molecule has 12 heavy (non-hydrogen) atoms. The van der Waals surface area contributed by atoms with Crippen LogP contribution in [0, 0.1) is 34.5 Å². The summed E-state index contributed by atoms with van der Waals surface area (Å²) >= 11 is 0. The fourth-order valence-electron chi connectivity index (χ4n) is 0.442. The minimum Gasteiger partial charge on any atom is -0.198 e. The molecule has 4 heteroatoms. The molecule has 0 radical (unpaired) electrons. The molecule has 64 valence electrons. The van der Waals surface area contributed by atoms with Crippen molar-refractivity contribution in [3.05, 3.63) is 0 Å². The van der Waals surface area contributed by atoms with E-state index in [1.165, 1.54) is 0 Å². The lowest BCUT2D eigenvalue weighted by Crippen LogP contribution is -1.96. The second-order valence-corrected chi connectivity index (χ2v) is 2.71. The Labute approximate surface area is 72.5 Å². The number of hydrogen-bond donors (Lipinski definition) is 0. The molecule has 0 aromatic heterocycles. The van der Waals surface area contributed by atoms with Gasteiger partial charge in [-0.15, -0.1) is 0 Å². The van der Waals surface area contributed by atoms with E-state index in [-0.39, 0.29) is 11.8 Å². The van der Waals surface area contributed by atoms with Gasteiger partial charge in [-0.1, -0.05) is 0 Å². The Hall–Kier alpha value is -1.42. The van der Waals surface area contributed by atoms with Gasteiger partial charge < -0.3 is 0 Å². The number of nitrogens with zero attached hydrogens (tertiary/aromatic N) is 4. The van der Waals surface area contributed by atoms with E-state index in [2.05, 4.69) is 10.2 Å². The van der Waals surface area contributed by atoms with Crippen LogP contribution < -0.4 is 0 Å². The maximum Gasteiger partial charge on any atom is 0.0754 e. The summed E-state index contributed by atoms with van der Waals surface area (Å²) in [6.07, 6.45) is 0. The number of hydrogen-bond acceptors (Lipinski definition) is 4. The molecule has 0 aromatic carbocycles. The van der Waals surface area contributed by atoms with Gasteiger partial charge in [-0.25, -0.2) is 0 Å². The van der Waals surface area contributed by atoms with Crippen molar-refractivity contribution < 1.29 is 0 Å². The van der Waals surface area contributed by atoms with Crippen molar-refractivity contribution in [1.29, 1.82) is 10.5 Å². The zero-order valence-electron chi connectivity index (χ0n) is 7.36. The average molecular weight is 164 g/mol. The van der Waals surface area contributed by atoms with Gasteiger partial charge in [0.15, 0.2) is 0 Å². The number of rotatable bonds is 4. The minimum absolute atomic E-state index is 0.0915. The van der Waals surface area contributed by atoms with Gasteiger partial charge in [0.05, 0.1) is 37.1 Å². The molecule has 0 bridgehead atoms. The van der Waals surface area contributed by atoms with Crippen molar-refractivity contribution in [2.45, 2.75) is 13.8 Å². The van der Waals surface area contributed by atoms with Gasteiger partial charge in [0.2, 0.25) is 0 Å². The van der Waals surface area contributed by atoms with Crippen LogP contribution in [0.3, 0.4) is 0 Å². The molecule has 2 atom stereocenters. The smallest absolute Gasteiger partial charge is 0.0754 e. The summed E-state index contributed by atoms with van der Waals surface area (Å²) in [5.74, 6) is -0.183. The summed E-state index contributed by atoms with van der Waals surface area (Å²) in [7, 11) is 0. The largest absolute Gasteiger partial charge is 0.198 e. The molecule has 0 rings (SSSR count). The van der Waals surface area contributed by atoms with Crippen LogP contribution in [0.15, 0.2) is 10.2 Å². The molecule has 0 aliphatic heterocycles. The number of azo groups is 1. The first-order chi connectivity index (χ1) is 5.70. The van der Waals surface area contributed by atoms with Gasteiger partial charge >= 0.3 is 0 Å². The van der Waals surface area contributed by atoms with E-state index >= 15 is 0 Å². The van der Waals surface area contributed by atoms with Crippen LogP contribution in [0.2, 0.25) is 0 Å². The zero-order valence-corrected chi connectivity index (χ0v) is 7.36. The Morgan fingerprint density at radius 3 is 1.58 bits per heavy atom. The van der Waals surface area contributed by atoms with Crippen molar-refractivity contribution in [3.8, 4) is 12.1 Å². The molecule has 4 nitrogen and oxygen atoms in total. The van der Waals surface area contributed by atoms with E-state index in [1.54, 1.807) is 13.8 Å². The van der Waals surface area contributed by atoms with Crippen LogP contribution in [0.5, 0.6) is 0 Å². The molecule has 0 saturated heterocycles. The second-order valence-electron chi connectivity index (χ2n) is 2.71. The highest BCUT2D eigenvalue weighted by Gasteiger charge is 1.97. The molecule has 0 heterocycles. The first-order valence-electron chi connectivity index (χ1n) is 3.83. The minimum atomic E-state index is -0.0915. The van der Waals surface area contributed by atoms with E-state index in [1.807, 2.05) is 12.1 Å². The van der Waals surface area contributed by atoms with Gasteiger partial charge in [0.25, 0.3) is 0 Å². The zero-order chi connectivity index (χ0) is 9.40. The molecule has 0 spiro atoms. The molecule has 0 aliphatic carbocycles. The van der Waals surface area contributed by atoms with Gasteiger partial charge in [-0.05, 0) is 13.8 Å². The van der Waals surface area contributed by atoms with Crippen LogP contribution in [-0.2, 0) is 0 Å². The van der Waals surface area contributed by atoms with Gasteiger partial charge in [-0.3, -0.25) is 0 Å². The maximum absolute atomic E-state index is 8.39. The fraction of sp³-hybridized carbons (Fsp3) is 0.750. The summed E-state index contributed by atoms with van der Waals surface area (Å²) in [5, 5.41) is 24.3. The van der Waals surface area contributed by atoms with Crippen LogP contribution in [0.4, 0.5) is 0 Å². The lowest BCUT2D eigenvalue weighted by atomic mass is 10.2. The van der Waals surface area contributed by atoms with Gasteiger partial charge in [-0.2, -0.15) is 20.8 Å². The van der Waals surface area contributed by atoms with Crippen molar-refractivity contribution >= 4 is 0 Å². The summed E-state index contributed by atoms with van der Waals surface area (Å²) in [4.78, 5) is 0. The van der Waals surface area contributed by atoms with E-state index in [4.69, 9.17) is 10.5 Å². The molecule has 0 amide bonds. The lowest BCUT2D eigenvalue weighted by Gasteiger charge is -1.95. The molecule has 0 fully saturated rings. The normalized spacial score (nSPS) is 15.0. The maximum atomic E-state index is 8.39. The van der Waals surface area contributed by atoms with E-state index in [0.29, 0.717) is 13.1 Å².